The molecule has 0 aromatic heterocycles. The van der Waals surface area contributed by atoms with Gasteiger partial charge in [-0.2, -0.15) is 0 Å². The van der Waals surface area contributed by atoms with Crippen molar-refractivity contribution in [2.24, 2.45) is 5.41 Å². The van der Waals surface area contributed by atoms with Crippen LogP contribution in [0.15, 0.2) is 24.3 Å². The van der Waals surface area contributed by atoms with Crippen LogP contribution in [0.1, 0.15) is 50.5 Å². The van der Waals surface area contributed by atoms with Crippen LogP contribution in [0, 0.1) is 5.41 Å². The zero-order valence-electron chi connectivity index (χ0n) is 11.4. The molecule has 0 aliphatic carbocycles. The Morgan fingerprint density at radius 2 is 1.71 bits per heavy atom. The molecule has 0 fully saturated rings. The molecule has 1 aromatic carbocycles. The van der Waals surface area contributed by atoms with E-state index in [0.29, 0.717) is 5.56 Å². The van der Waals surface area contributed by atoms with E-state index in [1.807, 2.05) is 45.9 Å². The summed E-state index contributed by atoms with van der Waals surface area (Å²) in [5.74, 6) is -0.192. The van der Waals surface area contributed by atoms with Crippen LogP contribution in [0.3, 0.4) is 0 Å². The molecule has 2 heteroatoms. The lowest BCUT2D eigenvalue weighted by atomic mass is 9.73. The highest BCUT2D eigenvalue weighted by molar-refractivity contribution is 6.03. The van der Waals surface area contributed by atoms with Crippen molar-refractivity contribution in [1.82, 2.24) is 0 Å². The van der Waals surface area contributed by atoms with Gasteiger partial charge in [0, 0.05) is 5.56 Å². The number of aryl methyl sites for hydroxylation is 1. The van der Waals surface area contributed by atoms with Gasteiger partial charge in [-0.25, -0.2) is 0 Å². The number of ketones is 1. The molecule has 1 atom stereocenters. The number of carbonyl (C=O) groups excluding carboxylic acids is 1. The maximum Gasteiger partial charge on any atom is 0.194 e. The van der Waals surface area contributed by atoms with Crippen LogP contribution in [0.2, 0.25) is 0 Å². The normalized spacial score (nSPS) is 15.4. The molecule has 17 heavy (non-hydrogen) atoms. The van der Waals surface area contributed by atoms with Crippen LogP contribution in [-0.2, 0) is 6.42 Å². The van der Waals surface area contributed by atoms with Crippen LogP contribution in [0.4, 0.5) is 0 Å². The molecule has 0 saturated heterocycles. The van der Waals surface area contributed by atoms with Gasteiger partial charge in [0.2, 0.25) is 0 Å². The second kappa shape index (κ2) is 4.61. The Bertz CT molecular complexity index is 411. The van der Waals surface area contributed by atoms with E-state index in [1.165, 1.54) is 0 Å². The molecule has 2 nitrogen and oxygen atoms in total. The fourth-order valence-electron chi connectivity index (χ4n) is 1.65. The predicted molar refractivity (Wildman–Crippen MR) is 70.2 cm³/mol. The first-order valence-electron chi connectivity index (χ1n) is 6.07. The molecule has 0 saturated carbocycles. The summed E-state index contributed by atoms with van der Waals surface area (Å²) in [7, 11) is 0. The SMILES string of the molecule is CCc1ccccc1C(=O)C(C)(O)C(C)(C)C. The van der Waals surface area contributed by atoms with E-state index in [9.17, 15) is 9.90 Å². The smallest absolute Gasteiger partial charge is 0.194 e. The van der Waals surface area contributed by atoms with Crippen molar-refractivity contribution < 1.29 is 9.90 Å². The van der Waals surface area contributed by atoms with Gasteiger partial charge in [-0.15, -0.1) is 0 Å². The van der Waals surface area contributed by atoms with Crippen LogP contribution in [0.5, 0.6) is 0 Å². The van der Waals surface area contributed by atoms with Crippen molar-refractivity contribution in [3.8, 4) is 0 Å². The van der Waals surface area contributed by atoms with Crippen LogP contribution in [0.25, 0.3) is 0 Å². The predicted octanol–water partition coefficient (Wildman–Crippen LogP) is 3.23. The lowest BCUT2D eigenvalue weighted by molar-refractivity contribution is -0.0197. The van der Waals surface area contributed by atoms with Crippen molar-refractivity contribution >= 4 is 5.78 Å². The fraction of sp³-hybridized carbons (Fsp3) is 0.533. The molecule has 0 aliphatic rings. The van der Waals surface area contributed by atoms with Gasteiger partial charge in [-0.3, -0.25) is 4.79 Å². The van der Waals surface area contributed by atoms with E-state index in [1.54, 1.807) is 13.0 Å². The highest BCUT2D eigenvalue weighted by Gasteiger charge is 2.42. The van der Waals surface area contributed by atoms with Gasteiger partial charge in [0.1, 0.15) is 5.60 Å². The third-order valence-electron chi connectivity index (χ3n) is 3.55. The van der Waals surface area contributed by atoms with Crippen molar-refractivity contribution in [3.05, 3.63) is 35.4 Å². The number of hydrogen-bond donors (Lipinski definition) is 1. The number of rotatable bonds is 3. The Balaban J connectivity index is 3.22. The van der Waals surface area contributed by atoms with Gasteiger partial charge in [0.05, 0.1) is 0 Å². The fourth-order valence-corrected chi connectivity index (χ4v) is 1.65. The molecule has 1 rings (SSSR count). The van der Waals surface area contributed by atoms with E-state index in [2.05, 4.69) is 0 Å². The van der Waals surface area contributed by atoms with Crippen molar-refractivity contribution in [3.63, 3.8) is 0 Å². The van der Waals surface area contributed by atoms with E-state index >= 15 is 0 Å². The minimum absolute atomic E-state index is 0.192. The third kappa shape index (κ3) is 2.58. The number of Topliss-reactive ketones (excluding diaryl/α,β-unsaturated/α-hetero) is 1. The van der Waals surface area contributed by atoms with E-state index < -0.39 is 11.0 Å². The number of aliphatic hydroxyl groups is 1. The number of carbonyl (C=O) groups is 1. The summed E-state index contributed by atoms with van der Waals surface area (Å²) < 4.78 is 0. The largest absolute Gasteiger partial charge is 0.381 e. The Morgan fingerprint density at radius 1 is 1.18 bits per heavy atom. The number of hydrogen-bond acceptors (Lipinski definition) is 2. The quantitative estimate of drug-likeness (QED) is 0.815. The molecule has 0 heterocycles. The van der Waals surface area contributed by atoms with Crippen LogP contribution in [-0.4, -0.2) is 16.5 Å². The molecule has 0 radical (unpaired) electrons. The third-order valence-corrected chi connectivity index (χ3v) is 3.55. The first kappa shape index (κ1) is 13.9. The van der Waals surface area contributed by atoms with Crippen molar-refractivity contribution in [1.29, 1.82) is 0 Å². The molecule has 94 valence electrons. The Kier molecular flexibility index (Phi) is 3.78. The molecule has 0 aliphatic heterocycles. The molecule has 1 unspecified atom stereocenters. The summed E-state index contributed by atoms with van der Waals surface area (Å²) >= 11 is 0. The Labute approximate surface area is 104 Å². The maximum atomic E-state index is 12.4. The Hall–Kier alpha value is -1.15. The number of benzene rings is 1. The van der Waals surface area contributed by atoms with Crippen molar-refractivity contribution in [2.75, 3.05) is 0 Å². The zero-order chi connectivity index (χ0) is 13.3. The lowest BCUT2D eigenvalue weighted by Crippen LogP contribution is -2.47. The molecule has 0 amide bonds. The second-order valence-corrected chi connectivity index (χ2v) is 5.66. The minimum Gasteiger partial charge on any atom is -0.381 e. The summed E-state index contributed by atoms with van der Waals surface area (Å²) in [6.07, 6.45) is 0.794. The average molecular weight is 234 g/mol. The van der Waals surface area contributed by atoms with Crippen LogP contribution >= 0.6 is 0 Å². The first-order chi connectivity index (χ1) is 7.71. The minimum atomic E-state index is -1.35. The van der Waals surface area contributed by atoms with Gasteiger partial charge < -0.3 is 5.11 Å². The van der Waals surface area contributed by atoms with Gasteiger partial charge in [0.15, 0.2) is 5.78 Å². The summed E-state index contributed by atoms with van der Waals surface area (Å²) in [4.78, 5) is 12.4. The van der Waals surface area contributed by atoms with Gasteiger partial charge >= 0.3 is 0 Å². The first-order valence-corrected chi connectivity index (χ1v) is 6.07. The highest BCUT2D eigenvalue weighted by Crippen LogP contribution is 2.33. The summed E-state index contributed by atoms with van der Waals surface area (Å²) in [6.45, 7) is 9.23. The summed E-state index contributed by atoms with van der Waals surface area (Å²) in [6, 6.07) is 7.49. The molecule has 0 bridgehead atoms. The van der Waals surface area contributed by atoms with E-state index in [0.717, 1.165) is 12.0 Å². The van der Waals surface area contributed by atoms with Crippen molar-refractivity contribution in [2.45, 2.75) is 46.6 Å². The molecule has 0 spiro atoms. The highest BCUT2D eigenvalue weighted by atomic mass is 16.3. The molecular weight excluding hydrogens is 212 g/mol. The average Bonchev–Trinajstić information content (AvgIpc) is 2.26. The maximum absolute atomic E-state index is 12.4. The molecule has 1 aromatic rings. The lowest BCUT2D eigenvalue weighted by Gasteiger charge is -2.36. The van der Waals surface area contributed by atoms with E-state index in [-0.39, 0.29) is 5.78 Å². The topological polar surface area (TPSA) is 37.3 Å². The summed E-state index contributed by atoms with van der Waals surface area (Å²) in [5, 5.41) is 10.4. The van der Waals surface area contributed by atoms with Gasteiger partial charge in [-0.1, -0.05) is 52.0 Å². The standard InChI is InChI=1S/C15H22O2/c1-6-11-9-7-8-10-12(11)13(16)15(5,17)14(2,3)4/h7-10,17H,6H2,1-5H3. The molecular formula is C15H22O2. The van der Waals surface area contributed by atoms with Gasteiger partial charge in [-0.05, 0) is 24.3 Å². The molecule has 1 N–H and O–H groups in total. The second-order valence-electron chi connectivity index (χ2n) is 5.66. The van der Waals surface area contributed by atoms with Crippen LogP contribution < -0.4 is 0 Å². The van der Waals surface area contributed by atoms with E-state index in [4.69, 9.17) is 0 Å². The monoisotopic (exact) mass is 234 g/mol. The zero-order valence-corrected chi connectivity index (χ0v) is 11.4. The van der Waals surface area contributed by atoms with Gasteiger partial charge in [0.25, 0.3) is 0 Å². The Morgan fingerprint density at radius 3 is 2.18 bits per heavy atom. The summed E-state index contributed by atoms with van der Waals surface area (Å²) in [5.41, 5.74) is -0.208.